The highest BCUT2D eigenvalue weighted by molar-refractivity contribution is 14.1. The summed E-state index contributed by atoms with van der Waals surface area (Å²) in [6.45, 7) is 2.30. The van der Waals surface area contributed by atoms with Crippen LogP contribution >= 0.6 is 22.6 Å². The summed E-state index contributed by atoms with van der Waals surface area (Å²) in [5.41, 5.74) is 2.89. The molecule has 0 bridgehead atoms. The number of hydrogen-bond acceptors (Lipinski definition) is 4. The highest BCUT2D eigenvalue weighted by atomic mass is 127. The maximum atomic E-state index is 13.0. The zero-order valence-electron chi connectivity index (χ0n) is 17.2. The Morgan fingerprint density at radius 2 is 1.69 bits per heavy atom. The molecular formula is C25H19IN2O4. The molecular weight excluding hydrogens is 519 g/mol. The van der Waals surface area contributed by atoms with E-state index >= 15 is 0 Å². The number of barbiturate groups is 1. The average molecular weight is 538 g/mol. The van der Waals surface area contributed by atoms with Crippen LogP contribution in [0.1, 0.15) is 16.7 Å². The molecule has 0 saturated carbocycles. The van der Waals surface area contributed by atoms with Crippen molar-refractivity contribution in [2.75, 3.05) is 4.90 Å². The third-order valence-electron chi connectivity index (χ3n) is 4.87. The molecule has 7 heteroatoms. The SMILES string of the molecule is Cc1cccc(N2C(=O)NC(=O)/C(=C\c3ccc(OCc4ccc(I)cc4)cc3)C2=O)c1. The Balaban J connectivity index is 1.51. The number of nitrogens with one attached hydrogen (secondary N) is 1. The quantitative estimate of drug-likeness (QED) is 0.287. The molecule has 0 aliphatic carbocycles. The van der Waals surface area contributed by atoms with E-state index in [1.165, 1.54) is 6.08 Å². The van der Waals surface area contributed by atoms with Gasteiger partial charge in [-0.25, -0.2) is 9.69 Å². The summed E-state index contributed by atoms with van der Waals surface area (Å²) in [6, 6.07) is 21.3. The predicted octanol–water partition coefficient (Wildman–Crippen LogP) is 4.85. The molecule has 1 aliphatic heterocycles. The normalized spacial score (nSPS) is 15.1. The second kappa shape index (κ2) is 9.35. The smallest absolute Gasteiger partial charge is 0.335 e. The zero-order chi connectivity index (χ0) is 22.7. The summed E-state index contributed by atoms with van der Waals surface area (Å²) >= 11 is 2.25. The number of hydrogen-bond donors (Lipinski definition) is 1. The molecule has 4 amide bonds. The van der Waals surface area contributed by atoms with E-state index in [1.807, 2.05) is 37.3 Å². The number of aryl methyl sites for hydroxylation is 1. The van der Waals surface area contributed by atoms with Gasteiger partial charge in [-0.3, -0.25) is 14.9 Å². The molecule has 1 aliphatic rings. The molecule has 1 heterocycles. The third-order valence-corrected chi connectivity index (χ3v) is 5.59. The number of ether oxygens (including phenoxy) is 1. The molecule has 0 atom stereocenters. The van der Waals surface area contributed by atoms with Crippen LogP contribution in [0.15, 0.2) is 78.4 Å². The molecule has 3 aromatic carbocycles. The summed E-state index contributed by atoms with van der Waals surface area (Å²) in [5.74, 6) is -0.715. The lowest BCUT2D eigenvalue weighted by molar-refractivity contribution is -0.122. The van der Waals surface area contributed by atoms with E-state index in [1.54, 1.807) is 42.5 Å². The van der Waals surface area contributed by atoms with E-state index in [0.29, 0.717) is 23.6 Å². The van der Waals surface area contributed by atoms with Crippen molar-refractivity contribution < 1.29 is 19.1 Å². The second-order valence-corrected chi connectivity index (χ2v) is 8.53. The number of amides is 4. The van der Waals surface area contributed by atoms with Gasteiger partial charge in [-0.1, -0.05) is 36.4 Å². The Hall–Kier alpha value is -3.46. The summed E-state index contributed by atoms with van der Waals surface area (Å²) in [7, 11) is 0. The monoisotopic (exact) mass is 538 g/mol. The molecule has 160 valence electrons. The minimum atomic E-state index is -0.762. The van der Waals surface area contributed by atoms with Gasteiger partial charge in [0.2, 0.25) is 0 Å². The van der Waals surface area contributed by atoms with E-state index in [4.69, 9.17) is 4.74 Å². The summed E-state index contributed by atoms with van der Waals surface area (Å²) in [6.07, 6.45) is 1.47. The van der Waals surface area contributed by atoms with E-state index in [-0.39, 0.29) is 5.57 Å². The van der Waals surface area contributed by atoms with Gasteiger partial charge in [0, 0.05) is 3.57 Å². The Morgan fingerprint density at radius 3 is 2.38 bits per heavy atom. The van der Waals surface area contributed by atoms with E-state index in [9.17, 15) is 14.4 Å². The van der Waals surface area contributed by atoms with Gasteiger partial charge in [-0.15, -0.1) is 0 Å². The topological polar surface area (TPSA) is 75.7 Å². The first-order valence-corrected chi connectivity index (χ1v) is 10.9. The van der Waals surface area contributed by atoms with Crippen LogP contribution in [0.25, 0.3) is 6.08 Å². The number of carbonyl (C=O) groups excluding carboxylic acids is 3. The Kier molecular flexibility index (Phi) is 6.36. The van der Waals surface area contributed by atoms with Crippen molar-refractivity contribution in [3.05, 3.63) is 98.6 Å². The van der Waals surface area contributed by atoms with Crippen molar-refractivity contribution in [2.24, 2.45) is 0 Å². The van der Waals surface area contributed by atoms with Crippen molar-refractivity contribution in [3.63, 3.8) is 0 Å². The maximum Gasteiger partial charge on any atom is 0.335 e. The van der Waals surface area contributed by atoms with Gasteiger partial charge in [0.05, 0.1) is 5.69 Å². The molecule has 1 saturated heterocycles. The first-order chi connectivity index (χ1) is 15.4. The summed E-state index contributed by atoms with van der Waals surface area (Å²) in [4.78, 5) is 38.6. The molecule has 0 spiro atoms. The molecule has 0 aromatic heterocycles. The zero-order valence-corrected chi connectivity index (χ0v) is 19.3. The largest absolute Gasteiger partial charge is 0.489 e. The van der Waals surface area contributed by atoms with Crippen LogP contribution in [0.3, 0.4) is 0 Å². The Labute approximate surface area is 199 Å². The minimum Gasteiger partial charge on any atom is -0.489 e. The van der Waals surface area contributed by atoms with Gasteiger partial charge < -0.3 is 4.74 Å². The van der Waals surface area contributed by atoms with Crippen LogP contribution < -0.4 is 15.0 Å². The van der Waals surface area contributed by atoms with Gasteiger partial charge >= 0.3 is 6.03 Å². The fourth-order valence-corrected chi connectivity index (χ4v) is 3.59. The van der Waals surface area contributed by atoms with Crippen molar-refractivity contribution in [3.8, 4) is 5.75 Å². The van der Waals surface area contributed by atoms with E-state index in [0.717, 1.165) is 19.6 Å². The van der Waals surface area contributed by atoms with Gasteiger partial charge in [0.15, 0.2) is 0 Å². The number of urea groups is 1. The van der Waals surface area contributed by atoms with Crippen LogP contribution in [-0.4, -0.2) is 17.8 Å². The first kappa shape index (κ1) is 21.8. The number of anilines is 1. The lowest BCUT2D eigenvalue weighted by atomic mass is 10.1. The Bertz CT molecular complexity index is 1220. The van der Waals surface area contributed by atoms with Crippen LogP contribution in [0.5, 0.6) is 5.75 Å². The van der Waals surface area contributed by atoms with E-state index in [2.05, 4.69) is 27.9 Å². The van der Waals surface area contributed by atoms with Gasteiger partial charge in [0.25, 0.3) is 11.8 Å². The van der Waals surface area contributed by atoms with Crippen molar-refractivity contribution in [1.29, 1.82) is 0 Å². The fourth-order valence-electron chi connectivity index (χ4n) is 3.23. The minimum absolute atomic E-state index is 0.112. The van der Waals surface area contributed by atoms with Crippen molar-refractivity contribution >= 4 is 52.2 Å². The Morgan fingerprint density at radius 1 is 0.969 bits per heavy atom. The number of nitrogens with zero attached hydrogens (tertiary/aromatic N) is 1. The van der Waals surface area contributed by atoms with Crippen LogP contribution in [-0.2, 0) is 16.2 Å². The molecule has 32 heavy (non-hydrogen) atoms. The van der Waals surface area contributed by atoms with Crippen molar-refractivity contribution in [2.45, 2.75) is 13.5 Å². The lowest BCUT2D eigenvalue weighted by Gasteiger charge is -2.26. The van der Waals surface area contributed by atoms with E-state index < -0.39 is 17.8 Å². The molecule has 0 unspecified atom stereocenters. The highest BCUT2D eigenvalue weighted by Crippen LogP contribution is 2.23. The number of benzene rings is 3. The molecule has 0 radical (unpaired) electrons. The first-order valence-electron chi connectivity index (χ1n) is 9.86. The second-order valence-electron chi connectivity index (χ2n) is 7.28. The number of imide groups is 2. The maximum absolute atomic E-state index is 13.0. The van der Waals surface area contributed by atoms with Crippen LogP contribution in [0.4, 0.5) is 10.5 Å². The van der Waals surface area contributed by atoms with Crippen LogP contribution in [0.2, 0.25) is 0 Å². The predicted molar refractivity (Wildman–Crippen MR) is 130 cm³/mol. The van der Waals surface area contributed by atoms with Gasteiger partial charge in [0.1, 0.15) is 17.9 Å². The standard InChI is InChI=1S/C25H19IN2O4/c1-16-3-2-4-20(13-16)28-24(30)22(23(29)27-25(28)31)14-17-7-11-21(12-8-17)32-15-18-5-9-19(26)10-6-18/h2-14H,15H2,1H3,(H,27,29,31)/b22-14+. The van der Waals surface area contributed by atoms with Crippen molar-refractivity contribution in [1.82, 2.24) is 5.32 Å². The number of rotatable bonds is 5. The molecule has 1 fully saturated rings. The summed E-state index contributed by atoms with van der Waals surface area (Å²) < 4.78 is 6.96. The molecule has 3 aromatic rings. The van der Waals surface area contributed by atoms with Gasteiger partial charge in [-0.05, 0) is 88.7 Å². The number of carbonyl (C=O) groups is 3. The lowest BCUT2D eigenvalue weighted by Crippen LogP contribution is -2.54. The third kappa shape index (κ3) is 4.88. The molecule has 1 N–H and O–H groups in total. The van der Waals surface area contributed by atoms with Crippen LogP contribution in [0, 0.1) is 10.5 Å². The summed E-state index contributed by atoms with van der Waals surface area (Å²) in [5, 5.41) is 2.24. The molecule has 4 rings (SSSR count). The fraction of sp³-hybridized carbons (Fsp3) is 0.0800. The number of halogens is 1. The molecule has 6 nitrogen and oxygen atoms in total. The highest BCUT2D eigenvalue weighted by Gasteiger charge is 2.36. The average Bonchev–Trinajstić information content (AvgIpc) is 2.77. The van der Waals surface area contributed by atoms with Gasteiger partial charge in [-0.2, -0.15) is 0 Å².